The van der Waals surface area contributed by atoms with E-state index in [0.717, 1.165) is 22.3 Å². The van der Waals surface area contributed by atoms with Gasteiger partial charge >= 0.3 is 5.97 Å². The van der Waals surface area contributed by atoms with Gasteiger partial charge in [-0.3, -0.25) is 0 Å². The van der Waals surface area contributed by atoms with E-state index in [9.17, 15) is 4.79 Å². The molecule has 0 aliphatic heterocycles. The molecule has 0 aromatic carbocycles. The molecular weight excluding hydrogens is 230 g/mol. The molecule has 1 aromatic heterocycles. The highest BCUT2D eigenvalue weighted by atomic mass is 32.2. The minimum atomic E-state index is -0.901. The molecule has 1 N–H and O–H groups in total. The summed E-state index contributed by atoms with van der Waals surface area (Å²) in [5.74, 6) is 2.25. The van der Waals surface area contributed by atoms with Crippen LogP contribution < -0.4 is 0 Å². The summed E-state index contributed by atoms with van der Waals surface area (Å²) in [5, 5.41) is 9.56. The SMILES string of the molecule is CCSCCSc1cc(C(=O)O)ccn1. The van der Waals surface area contributed by atoms with Crippen LogP contribution in [0.2, 0.25) is 0 Å². The van der Waals surface area contributed by atoms with Crippen LogP contribution in [0.4, 0.5) is 0 Å². The van der Waals surface area contributed by atoms with Gasteiger partial charge in [-0.1, -0.05) is 6.92 Å². The lowest BCUT2D eigenvalue weighted by molar-refractivity contribution is 0.0696. The molecule has 0 saturated carbocycles. The zero-order valence-electron chi connectivity index (χ0n) is 8.47. The maximum atomic E-state index is 10.7. The standard InChI is InChI=1S/C10H13NO2S2/c1-2-14-5-6-15-9-7-8(10(12)13)3-4-11-9/h3-4,7H,2,5-6H2,1H3,(H,12,13). The Labute approximate surface area is 97.7 Å². The number of hydrogen-bond acceptors (Lipinski definition) is 4. The van der Waals surface area contributed by atoms with E-state index in [1.165, 1.54) is 6.07 Å². The number of carboxylic acid groups (broad SMARTS) is 1. The first-order chi connectivity index (χ1) is 7.24. The maximum absolute atomic E-state index is 10.7. The predicted molar refractivity (Wildman–Crippen MR) is 64.9 cm³/mol. The molecule has 0 aliphatic carbocycles. The van der Waals surface area contributed by atoms with Gasteiger partial charge in [0, 0.05) is 17.7 Å². The largest absolute Gasteiger partial charge is 0.478 e. The molecule has 1 rings (SSSR count). The van der Waals surface area contributed by atoms with Crippen LogP contribution in [-0.4, -0.2) is 33.3 Å². The molecule has 0 fully saturated rings. The predicted octanol–water partition coefficient (Wildman–Crippen LogP) is 2.62. The molecule has 1 heterocycles. The number of hydrogen-bond donors (Lipinski definition) is 1. The van der Waals surface area contributed by atoms with Crippen LogP contribution in [0.25, 0.3) is 0 Å². The van der Waals surface area contributed by atoms with Crippen LogP contribution in [0.1, 0.15) is 17.3 Å². The van der Waals surface area contributed by atoms with Crippen LogP contribution >= 0.6 is 23.5 Å². The normalized spacial score (nSPS) is 10.2. The van der Waals surface area contributed by atoms with E-state index in [2.05, 4.69) is 11.9 Å². The first-order valence-corrected chi connectivity index (χ1v) is 6.78. The summed E-state index contributed by atoms with van der Waals surface area (Å²) in [7, 11) is 0. The minimum absolute atomic E-state index is 0.302. The van der Waals surface area contributed by atoms with Gasteiger partial charge in [0.05, 0.1) is 10.6 Å². The van der Waals surface area contributed by atoms with Crippen molar-refractivity contribution in [3.63, 3.8) is 0 Å². The second-order valence-electron chi connectivity index (χ2n) is 2.73. The third-order valence-corrected chi connectivity index (χ3v) is 3.75. The lowest BCUT2D eigenvalue weighted by Gasteiger charge is -2.01. The minimum Gasteiger partial charge on any atom is -0.478 e. The van der Waals surface area contributed by atoms with Gasteiger partial charge in [-0.15, -0.1) is 11.8 Å². The molecule has 0 radical (unpaired) electrons. The molecule has 0 saturated heterocycles. The van der Waals surface area contributed by atoms with Gasteiger partial charge in [-0.25, -0.2) is 9.78 Å². The van der Waals surface area contributed by atoms with Crippen LogP contribution in [0.5, 0.6) is 0 Å². The number of carboxylic acids is 1. The summed E-state index contributed by atoms with van der Waals surface area (Å²) in [6, 6.07) is 3.12. The maximum Gasteiger partial charge on any atom is 0.335 e. The monoisotopic (exact) mass is 243 g/mol. The van der Waals surface area contributed by atoms with Gasteiger partial charge in [-0.05, 0) is 17.9 Å². The number of aromatic carboxylic acids is 1. The van der Waals surface area contributed by atoms with Crippen LogP contribution in [0.15, 0.2) is 23.4 Å². The Morgan fingerprint density at radius 2 is 2.33 bits per heavy atom. The molecule has 0 aliphatic rings. The molecule has 0 amide bonds. The summed E-state index contributed by atoms with van der Waals surface area (Å²) >= 11 is 3.47. The van der Waals surface area contributed by atoms with Crippen molar-refractivity contribution in [2.75, 3.05) is 17.3 Å². The fourth-order valence-corrected chi connectivity index (χ4v) is 2.62. The molecule has 0 atom stereocenters. The highest BCUT2D eigenvalue weighted by molar-refractivity contribution is 8.02. The fraction of sp³-hybridized carbons (Fsp3) is 0.400. The summed E-state index contributed by atoms with van der Waals surface area (Å²) in [6.45, 7) is 2.12. The van der Waals surface area contributed by atoms with Crippen molar-refractivity contribution in [2.24, 2.45) is 0 Å². The highest BCUT2D eigenvalue weighted by Crippen LogP contribution is 2.17. The quantitative estimate of drug-likeness (QED) is 0.615. The summed E-state index contributed by atoms with van der Waals surface area (Å²) in [4.78, 5) is 14.8. The average Bonchev–Trinajstić information content (AvgIpc) is 2.25. The number of aromatic nitrogens is 1. The number of rotatable bonds is 6. The van der Waals surface area contributed by atoms with Crippen molar-refractivity contribution < 1.29 is 9.90 Å². The second-order valence-corrected chi connectivity index (χ2v) is 5.24. The van der Waals surface area contributed by atoms with Crippen LogP contribution in [0.3, 0.4) is 0 Å². The summed E-state index contributed by atoms with van der Waals surface area (Å²) in [5.41, 5.74) is 0.302. The third kappa shape index (κ3) is 4.57. The van der Waals surface area contributed by atoms with E-state index in [-0.39, 0.29) is 0 Å². The second kappa shape index (κ2) is 6.74. The molecule has 1 aromatic rings. The number of pyridine rings is 1. The van der Waals surface area contributed by atoms with E-state index < -0.39 is 5.97 Å². The Morgan fingerprint density at radius 1 is 1.53 bits per heavy atom. The van der Waals surface area contributed by atoms with Crippen LogP contribution in [-0.2, 0) is 0 Å². The molecule has 3 nitrogen and oxygen atoms in total. The third-order valence-electron chi connectivity index (χ3n) is 1.66. The van der Waals surface area contributed by atoms with Crippen molar-refractivity contribution in [3.05, 3.63) is 23.9 Å². The van der Waals surface area contributed by atoms with Gasteiger partial charge in [0.2, 0.25) is 0 Å². The lowest BCUT2D eigenvalue weighted by Crippen LogP contribution is -1.97. The fourth-order valence-electron chi connectivity index (χ4n) is 0.971. The molecule has 15 heavy (non-hydrogen) atoms. The summed E-state index contributed by atoms with van der Waals surface area (Å²) in [6.07, 6.45) is 1.54. The zero-order chi connectivity index (χ0) is 11.1. The van der Waals surface area contributed by atoms with Gasteiger partial charge in [0.25, 0.3) is 0 Å². The van der Waals surface area contributed by atoms with E-state index in [1.54, 1.807) is 24.0 Å². The molecular formula is C10H13NO2S2. The number of nitrogens with zero attached hydrogens (tertiary/aromatic N) is 1. The number of carbonyl (C=O) groups is 1. The highest BCUT2D eigenvalue weighted by Gasteiger charge is 2.04. The lowest BCUT2D eigenvalue weighted by atomic mass is 10.3. The average molecular weight is 243 g/mol. The van der Waals surface area contributed by atoms with Gasteiger partial charge < -0.3 is 5.11 Å². The Hall–Kier alpha value is -0.680. The molecule has 82 valence electrons. The van der Waals surface area contributed by atoms with Gasteiger partial charge in [0.15, 0.2) is 0 Å². The smallest absolute Gasteiger partial charge is 0.335 e. The first kappa shape index (κ1) is 12.4. The Morgan fingerprint density at radius 3 is 3.00 bits per heavy atom. The van der Waals surface area contributed by atoms with E-state index in [4.69, 9.17) is 5.11 Å². The van der Waals surface area contributed by atoms with E-state index >= 15 is 0 Å². The van der Waals surface area contributed by atoms with Crippen molar-refractivity contribution in [2.45, 2.75) is 11.9 Å². The van der Waals surface area contributed by atoms with Crippen molar-refractivity contribution in [1.82, 2.24) is 4.98 Å². The van der Waals surface area contributed by atoms with Gasteiger partial charge in [0.1, 0.15) is 0 Å². The van der Waals surface area contributed by atoms with Gasteiger partial charge in [-0.2, -0.15) is 11.8 Å². The molecule has 0 bridgehead atoms. The Kier molecular flexibility index (Phi) is 5.57. The molecule has 0 unspecified atom stereocenters. The Bertz CT molecular complexity index is 331. The first-order valence-electron chi connectivity index (χ1n) is 4.64. The van der Waals surface area contributed by atoms with Crippen LogP contribution in [0, 0.1) is 0 Å². The van der Waals surface area contributed by atoms with E-state index in [1.807, 2.05) is 11.8 Å². The van der Waals surface area contributed by atoms with Crippen molar-refractivity contribution >= 4 is 29.5 Å². The number of thioether (sulfide) groups is 2. The van der Waals surface area contributed by atoms with Crippen molar-refractivity contribution in [1.29, 1.82) is 0 Å². The topological polar surface area (TPSA) is 50.2 Å². The Balaban J connectivity index is 2.47. The molecule has 0 spiro atoms. The zero-order valence-corrected chi connectivity index (χ0v) is 10.1. The van der Waals surface area contributed by atoms with Crippen molar-refractivity contribution in [3.8, 4) is 0 Å². The summed E-state index contributed by atoms with van der Waals surface area (Å²) < 4.78 is 0. The molecule has 5 heteroatoms. The van der Waals surface area contributed by atoms with E-state index in [0.29, 0.717) is 5.56 Å².